The summed E-state index contributed by atoms with van der Waals surface area (Å²) >= 11 is 0. The van der Waals surface area contributed by atoms with Gasteiger partial charge in [0.2, 0.25) is 11.9 Å². The number of hydrogen-bond donors (Lipinski definition) is 4. The molecule has 4 unspecified atom stereocenters. The minimum atomic E-state index is -0.901. The Balaban J connectivity index is 1.94. The van der Waals surface area contributed by atoms with E-state index in [1.807, 2.05) is 0 Å². The molecular weight excluding hydrogens is 248 g/mol. The first kappa shape index (κ1) is 13.7. The van der Waals surface area contributed by atoms with Gasteiger partial charge in [-0.05, 0) is 24.8 Å². The van der Waals surface area contributed by atoms with E-state index in [0.717, 1.165) is 0 Å². The van der Waals surface area contributed by atoms with Gasteiger partial charge in [0, 0.05) is 18.8 Å². The molecule has 0 aliphatic heterocycles. The molecular formula is C12H18N4O3. The van der Waals surface area contributed by atoms with Gasteiger partial charge in [0.15, 0.2) is 0 Å². The van der Waals surface area contributed by atoms with E-state index in [2.05, 4.69) is 15.3 Å². The number of amides is 1. The predicted octanol–water partition coefficient (Wildman–Crippen LogP) is -0.736. The molecule has 1 saturated carbocycles. The van der Waals surface area contributed by atoms with Crippen molar-refractivity contribution in [3.63, 3.8) is 0 Å². The number of nitrogens with two attached hydrogens (primary N) is 1. The highest BCUT2D eigenvalue weighted by atomic mass is 16.3. The molecule has 1 amide bonds. The minimum absolute atomic E-state index is 0.149. The van der Waals surface area contributed by atoms with Crippen LogP contribution in [0.1, 0.15) is 19.3 Å². The van der Waals surface area contributed by atoms with Crippen molar-refractivity contribution >= 4 is 11.9 Å². The molecule has 0 spiro atoms. The van der Waals surface area contributed by atoms with E-state index in [-0.39, 0.29) is 18.4 Å². The molecule has 1 aliphatic rings. The Bertz CT molecular complexity index is 428. The molecule has 2 rings (SSSR count). The van der Waals surface area contributed by atoms with E-state index in [4.69, 9.17) is 5.73 Å². The number of nitrogens with one attached hydrogen (secondary N) is 1. The van der Waals surface area contributed by atoms with Gasteiger partial charge in [-0.1, -0.05) is 0 Å². The van der Waals surface area contributed by atoms with Crippen molar-refractivity contribution in [2.24, 2.45) is 11.7 Å². The summed E-state index contributed by atoms with van der Waals surface area (Å²) in [4.78, 5) is 18.8. The lowest BCUT2D eigenvalue weighted by atomic mass is 9.99. The summed E-state index contributed by atoms with van der Waals surface area (Å²) in [7, 11) is 0. The molecule has 1 heterocycles. The van der Waals surface area contributed by atoms with Crippen LogP contribution in [0.25, 0.3) is 0 Å². The number of primary amides is 1. The Morgan fingerprint density at radius 2 is 2.05 bits per heavy atom. The SMILES string of the molecule is NC(=O)CCC1CC(Nc2ncccn2)C(O)C1O. The summed E-state index contributed by atoms with van der Waals surface area (Å²) in [5.41, 5.74) is 5.09. The Kier molecular flexibility index (Phi) is 4.28. The average Bonchev–Trinajstić information content (AvgIpc) is 2.66. The maximum absolute atomic E-state index is 10.8. The van der Waals surface area contributed by atoms with Crippen LogP contribution in [0.4, 0.5) is 5.95 Å². The Morgan fingerprint density at radius 3 is 2.68 bits per heavy atom. The first-order valence-corrected chi connectivity index (χ1v) is 6.26. The second-order valence-electron chi connectivity index (χ2n) is 4.81. The van der Waals surface area contributed by atoms with Crippen LogP contribution in [0, 0.1) is 5.92 Å². The smallest absolute Gasteiger partial charge is 0.222 e. The van der Waals surface area contributed by atoms with Gasteiger partial charge in [0.25, 0.3) is 0 Å². The Hall–Kier alpha value is -1.73. The third-order valence-corrected chi connectivity index (χ3v) is 3.44. The molecule has 104 valence electrons. The van der Waals surface area contributed by atoms with Crippen LogP contribution in [-0.4, -0.2) is 44.3 Å². The minimum Gasteiger partial charge on any atom is -0.390 e. The number of rotatable bonds is 5. The third kappa shape index (κ3) is 3.39. The Labute approximate surface area is 110 Å². The second kappa shape index (κ2) is 5.94. The van der Waals surface area contributed by atoms with Crippen LogP contribution in [-0.2, 0) is 4.79 Å². The molecule has 7 heteroatoms. The van der Waals surface area contributed by atoms with E-state index < -0.39 is 18.1 Å². The fourth-order valence-corrected chi connectivity index (χ4v) is 2.42. The van der Waals surface area contributed by atoms with Gasteiger partial charge in [-0.2, -0.15) is 0 Å². The molecule has 0 radical (unpaired) electrons. The molecule has 1 fully saturated rings. The molecule has 19 heavy (non-hydrogen) atoms. The normalized spacial score (nSPS) is 30.2. The molecule has 4 atom stereocenters. The maximum atomic E-state index is 10.8. The maximum Gasteiger partial charge on any atom is 0.222 e. The van der Waals surface area contributed by atoms with Crippen LogP contribution in [0.3, 0.4) is 0 Å². The van der Waals surface area contributed by atoms with Crippen LogP contribution in [0.15, 0.2) is 18.5 Å². The molecule has 0 aromatic carbocycles. The zero-order chi connectivity index (χ0) is 13.8. The van der Waals surface area contributed by atoms with Gasteiger partial charge in [-0.3, -0.25) is 4.79 Å². The monoisotopic (exact) mass is 266 g/mol. The average molecular weight is 266 g/mol. The molecule has 1 aromatic heterocycles. The van der Waals surface area contributed by atoms with Crippen molar-refractivity contribution in [1.29, 1.82) is 0 Å². The number of aliphatic hydroxyl groups excluding tert-OH is 2. The highest BCUT2D eigenvalue weighted by molar-refractivity contribution is 5.73. The first-order valence-electron chi connectivity index (χ1n) is 6.26. The van der Waals surface area contributed by atoms with Crippen LogP contribution in [0.2, 0.25) is 0 Å². The standard InChI is InChI=1S/C12H18N4O3/c13-9(17)3-2-7-6-8(11(19)10(7)18)16-12-14-4-1-5-15-12/h1,4-5,7-8,10-11,18-19H,2-3,6H2,(H2,13,17)(H,14,15,16). The number of aromatic nitrogens is 2. The quantitative estimate of drug-likeness (QED) is 0.557. The lowest BCUT2D eigenvalue weighted by Crippen LogP contribution is -2.35. The number of hydrogen-bond acceptors (Lipinski definition) is 6. The number of carbonyl (C=O) groups excluding carboxylic acids is 1. The van der Waals surface area contributed by atoms with Gasteiger partial charge in [0.05, 0.1) is 12.1 Å². The van der Waals surface area contributed by atoms with Gasteiger partial charge in [-0.15, -0.1) is 0 Å². The molecule has 0 saturated heterocycles. The number of anilines is 1. The van der Waals surface area contributed by atoms with Crippen LogP contribution >= 0.6 is 0 Å². The summed E-state index contributed by atoms with van der Waals surface area (Å²) < 4.78 is 0. The van der Waals surface area contributed by atoms with E-state index in [1.165, 1.54) is 0 Å². The fourth-order valence-electron chi connectivity index (χ4n) is 2.42. The number of nitrogens with zero attached hydrogens (tertiary/aromatic N) is 2. The summed E-state index contributed by atoms with van der Waals surface area (Å²) in [6, 6.07) is 1.37. The topological polar surface area (TPSA) is 121 Å². The molecule has 5 N–H and O–H groups in total. The largest absolute Gasteiger partial charge is 0.390 e. The number of carbonyl (C=O) groups is 1. The second-order valence-corrected chi connectivity index (χ2v) is 4.81. The summed E-state index contributed by atoms with van der Waals surface area (Å²) in [5, 5.41) is 22.9. The van der Waals surface area contributed by atoms with Gasteiger partial charge in [-0.25, -0.2) is 9.97 Å². The zero-order valence-electron chi connectivity index (χ0n) is 10.4. The van der Waals surface area contributed by atoms with Crippen molar-refractivity contribution in [2.45, 2.75) is 37.5 Å². The van der Waals surface area contributed by atoms with E-state index >= 15 is 0 Å². The lowest BCUT2D eigenvalue weighted by Gasteiger charge is -2.17. The number of aliphatic hydroxyl groups is 2. The molecule has 7 nitrogen and oxygen atoms in total. The predicted molar refractivity (Wildman–Crippen MR) is 68.0 cm³/mol. The van der Waals surface area contributed by atoms with Crippen molar-refractivity contribution < 1.29 is 15.0 Å². The summed E-state index contributed by atoms with van der Waals surface area (Å²) in [6.45, 7) is 0. The van der Waals surface area contributed by atoms with Crippen LogP contribution < -0.4 is 11.1 Å². The lowest BCUT2D eigenvalue weighted by molar-refractivity contribution is -0.118. The van der Waals surface area contributed by atoms with Crippen LogP contribution in [0.5, 0.6) is 0 Å². The highest BCUT2D eigenvalue weighted by Gasteiger charge is 2.41. The van der Waals surface area contributed by atoms with E-state index in [1.54, 1.807) is 18.5 Å². The van der Waals surface area contributed by atoms with Gasteiger partial charge in [0.1, 0.15) is 6.10 Å². The van der Waals surface area contributed by atoms with Crippen molar-refractivity contribution in [2.75, 3.05) is 5.32 Å². The van der Waals surface area contributed by atoms with Crippen molar-refractivity contribution in [3.05, 3.63) is 18.5 Å². The Morgan fingerprint density at radius 1 is 1.37 bits per heavy atom. The van der Waals surface area contributed by atoms with Crippen molar-refractivity contribution in [3.8, 4) is 0 Å². The van der Waals surface area contributed by atoms with Crippen molar-refractivity contribution in [1.82, 2.24) is 9.97 Å². The van der Waals surface area contributed by atoms with Gasteiger partial charge < -0.3 is 21.3 Å². The molecule has 0 bridgehead atoms. The molecule has 1 aromatic rings. The molecule has 1 aliphatic carbocycles. The zero-order valence-corrected chi connectivity index (χ0v) is 10.4. The van der Waals surface area contributed by atoms with E-state index in [9.17, 15) is 15.0 Å². The van der Waals surface area contributed by atoms with E-state index in [0.29, 0.717) is 18.8 Å². The first-order chi connectivity index (χ1) is 9.08. The fraction of sp³-hybridized carbons (Fsp3) is 0.583. The summed E-state index contributed by atoms with van der Waals surface area (Å²) in [5.74, 6) is -0.137. The summed E-state index contributed by atoms with van der Waals surface area (Å²) in [6.07, 6.45) is 2.66. The van der Waals surface area contributed by atoms with Gasteiger partial charge >= 0.3 is 0 Å². The third-order valence-electron chi connectivity index (χ3n) is 3.44. The highest BCUT2D eigenvalue weighted by Crippen LogP contribution is 2.31.